The highest BCUT2D eigenvalue weighted by Gasteiger charge is 2.03. The molecule has 0 fully saturated rings. The molecule has 0 unspecified atom stereocenters. The molecule has 110 valence electrons. The Kier molecular flexibility index (Phi) is 5.21. The Morgan fingerprint density at radius 3 is 1.27 bits per heavy atom. The van der Waals surface area contributed by atoms with E-state index in [4.69, 9.17) is 0 Å². The van der Waals surface area contributed by atoms with Gasteiger partial charge >= 0.3 is 0 Å². The van der Waals surface area contributed by atoms with Crippen LogP contribution in [0.15, 0.2) is 73.8 Å². The molecule has 0 atom stereocenters. The standard InChI is InChI=1S/C20H18O2/c1-3-19(21)13-15-5-9-17(10-6-15)18-11-7-16(8-12-18)14-20(22)4-2/h3-12H,1-2,13-14H2. The molecule has 0 saturated heterocycles. The van der Waals surface area contributed by atoms with Crippen molar-refractivity contribution >= 4 is 11.6 Å². The van der Waals surface area contributed by atoms with E-state index in [0.29, 0.717) is 12.8 Å². The van der Waals surface area contributed by atoms with Crippen molar-refractivity contribution in [2.24, 2.45) is 0 Å². The Bertz CT molecular complexity index is 628. The minimum absolute atomic E-state index is 0.0176. The monoisotopic (exact) mass is 290 g/mol. The van der Waals surface area contributed by atoms with Crippen molar-refractivity contribution in [3.05, 3.63) is 85.0 Å². The van der Waals surface area contributed by atoms with Gasteiger partial charge in [-0.2, -0.15) is 0 Å². The lowest BCUT2D eigenvalue weighted by atomic mass is 9.99. The molecule has 0 spiro atoms. The number of carbonyl (C=O) groups excluding carboxylic acids is 2. The lowest BCUT2D eigenvalue weighted by Gasteiger charge is -2.05. The molecular weight excluding hydrogens is 272 g/mol. The molecule has 0 saturated carbocycles. The van der Waals surface area contributed by atoms with Crippen LogP contribution in [-0.2, 0) is 22.4 Å². The van der Waals surface area contributed by atoms with E-state index >= 15 is 0 Å². The number of carbonyl (C=O) groups is 2. The fourth-order valence-corrected chi connectivity index (χ4v) is 2.18. The zero-order valence-corrected chi connectivity index (χ0v) is 12.4. The third-order valence-electron chi connectivity index (χ3n) is 3.45. The first-order valence-corrected chi connectivity index (χ1v) is 7.11. The van der Waals surface area contributed by atoms with Gasteiger partial charge in [-0.1, -0.05) is 61.7 Å². The van der Waals surface area contributed by atoms with Crippen molar-refractivity contribution < 1.29 is 9.59 Å². The summed E-state index contributed by atoms with van der Waals surface area (Å²) in [5, 5.41) is 0. The highest BCUT2D eigenvalue weighted by Crippen LogP contribution is 2.21. The van der Waals surface area contributed by atoms with Crippen molar-refractivity contribution in [3.63, 3.8) is 0 Å². The molecule has 2 aromatic rings. The van der Waals surface area contributed by atoms with Gasteiger partial charge in [0.25, 0.3) is 0 Å². The quantitative estimate of drug-likeness (QED) is 0.724. The van der Waals surface area contributed by atoms with Gasteiger partial charge < -0.3 is 0 Å². The Hall–Kier alpha value is -2.74. The summed E-state index contributed by atoms with van der Waals surface area (Å²) in [4.78, 5) is 22.7. The predicted molar refractivity (Wildman–Crippen MR) is 89.7 cm³/mol. The summed E-state index contributed by atoms with van der Waals surface area (Å²) in [5.74, 6) is 0.0352. The van der Waals surface area contributed by atoms with Crippen LogP contribution < -0.4 is 0 Å². The number of rotatable bonds is 7. The molecule has 0 bridgehead atoms. The first-order chi connectivity index (χ1) is 10.6. The van der Waals surface area contributed by atoms with E-state index in [1.807, 2.05) is 48.5 Å². The summed E-state index contributed by atoms with van der Waals surface area (Å²) in [6.07, 6.45) is 3.45. The number of ketones is 2. The van der Waals surface area contributed by atoms with Gasteiger partial charge in [-0.05, 0) is 34.4 Å². The second-order valence-corrected chi connectivity index (χ2v) is 5.09. The molecule has 2 heteroatoms. The van der Waals surface area contributed by atoms with Crippen molar-refractivity contribution in [2.45, 2.75) is 12.8 Å². The van der Waals surface area contributed by atoms with Crippen LogP contribution in [0.2, 0.25) is 0 Å². The Labute approximate surface area is 130 Å². The van der Waals surface area contributed by atoms with E-state index in [0.717, 1.165) is 22.3 Å². The number of hydrogen-bond donors (Lipinski definition) is 0. The molecule has 0 aliphatic rings. The van der Waals surface area contributed by atoms with Gasteiger partial charge in [-0.3, -0.25) is 9.59 Å². The fourth-order valence-electron chi connectivity index (χ4n) is 2.18. The lowest BCUT2D eigenvalue weighted by Crippen LogP contribution is -1.98. The summed E-state index contributed by atoms with van der Waals surface area (Å²) in [7, 11) is 0. The van der Waals surface area contributed by atoms with Crippen LogP contribution >= 0.6 is 0 Å². The minimum Gasteiger partial charge on any atom is -0.295 e. The first-order valence-electron chi connectivity index (χ1n) is 7.11. The van der Waals surface area contributed by atoms with E-state index in [2.05, 4.69) is 13.2 Å². The molecule has 2 rings (SSSR count). The zero-order chi connectivity index (χ0) is 15.9. The summed E-state index contributed by atoms with van der Waals surface area (Å²) >= 11 is 0. The van der Waals surface area contributed by atoms with E-state index in [1.54, 1.807) is 0 Å². The van der Waals surface area contributed by atoms with Crippen LogP contribution in [0.5, 0.6) is 0 Å². The summed E-state index contributed by atoms with van der Waals surface area (Å²) in [6, 6.07) is 15.8. The molecule has 0 aliphatic heterocycles. The molecule has 0 N–H and O–H groups in total. The van der Waals surface area contributed by atoms with Gasteiger partial charge in [0.1, 0.15) is 0 Å². The normalized spacial score (nSPS) is 10.0. The average molecular weight is 290 g/mol. The van der Waals surface area contributed by atoms with Gasteiger partial charge in [-0.15, -0.1) is 0 Å². The third-order valence-corrected chi connectivity index (χ3v) is 3.45. The smallest absolute Gasteiger partial charge is 0.159 e. The first kappa shape index (κ1) is 15.6. The summed E-state index contributed by atoms with van der Waals surface area (Å²) in [5.41, 5.74) is 4.11. The molecule has 0 aromatic heterocycles. The molecular formula is C20H18O2. The Morgan fingerprint density at radius 2 is 1.00 bits per heavy atom. The maximum atomic E-state index is 11.3. The SMILES string of the molecule is C=CC(=O)Cc1ccc(-c2ccc(CC(=O)C=C)cc2)cc1. The van der Waals surface area contributed by atoms with E-state index in [1.165, 1.54) is 12.2 Å². The van der Waals surface area contributed by atoms with Gasteiger partial charge in [0.15, 0.2) is 11.6 Å². The van der Waals surface area contributed by atoms with Gasteiger partial charge in [-0.25, -0.2) is 0 Å². The van der Waals surface area contributed by atoms with Crippen LogP contribution in [0.4, 0.5) is 0 Å². The molecule has 2 aromatic carbocycles. The van der Waals surface area contributed by atoms with Crippen LogP contribution in [0.25, 0.3) is 11.1 Å². The maximum Gasteiger partial charge on any atom is 0.159 e. The van der Waals surface area contributed by atoms with Gasteiger partial charge in [0, 0.05) is 12.8 Å². The number of allylic oxidation sites excluding steroid dienone is 2. The van der Waals surface area contributed by atoms with Crippen molar-refractivity contribution in [1.29, 1.82) is 0 Å². The molecule has 2 nitrogen and oxygen atoms in total. The summed E-state index contributed by atoms with van der Waals surface area (Å²) in [6.45, 7) is 6.95. The maximum absolute atomic E-state index is 11.3. The molecule has 0 radical (unpaired) electrons. The van der Waals surface area contributed by atoms with E-state index in [-0.39, 0.29) is 11.6 Å². The van der Waals surface area contributed by atoms with Crippen LogP contribution in [0.1, 0.15) is 11.1 Å². The lowest BCUT2D eigenvalue weighted by molar-refractivity contribution is -0.114. The highest BCUT2D eigenvalue weighted by atomic mass is 16.1. The Balaban J connectivity index is 2.11. The summed E-state index contributed by atoms with van der Waals surface area (Å²) < 4.78 is 0. The van der Waals surface area contributed by atoms with Gasteiger partial charge in [0.2, 0.25) is 0 Å². The van der Waals surface area contributed by atoms with Crippen LogP contribution in [0.3, 0.4) is 0 Å². The highest BCUT2D eigenvalue weighted by molar-refractivity contribution is 5.91. The van der Waals surface area contributed by atoms with Crippen molar-refractivity contribution in [3.8, 4) is 11.1 Å². The van der Waals surface area contributed by atoms with Crippen molar-refractivity contribution in [1.82, 2.24) is 0 Å². The second kappa shape index (κ2) is 7.32. The van der Waals surface area contributed by atoms with E-state index < -0.39 is 0 Å². The van der Waals surface area contributed by atoms with Gasteiger partial charge in [0.05, 0.1) is 0 Å². The topological polar surface area (TPSA) is 34.1 Å². The second-order valence-electron chi connectivity index (χ2n) is 5.09. The zero-order valence-electron chi connectivity index (χ0n) is 12.4. The van der Waals surface area contributed by atoms with E-state index in [9.17, 15) is 9.59 Å². The molecule has 0 heterocycles. The largest absolute Gasteiger partial charge is 0.295 e. The average Bonchev–Trinajstić information content (AvgIpc) is 2.56. The minimum atomic E-state index is 0.0176. The van der Waals surface area contributed by atoms with Crippen LogP contribution in [0, 0.1) is 0 Å². The van der Waals surface area contributed by atoms with Crippen molar-refractivity contribution in [2.75, 3.05) is 0 Å². The van der Waals surface area contributed by atoms with Crippen LogP contribution in [-0.4, -0.2) is 11.6 Å². The molecule has 22 heavy (non-hydrogen) atoms. The fraction of sp³-hybridized carbons (Fsp3) is 0.100. The molecule has 0 amide bonds. The Morgan fingerprint density at radius 1 is 0.682 bits per heavy atom. The number of hydrogen-bond acceptors (Lipinski definition) is 2. The predicted octanol–water partition coefficient (Wildman–Crippen LogP) is 3.95. The molecule has 0 aliphatic carbocycles. The third kappa shape index (κ3) is 4.13. The number of benzene rings is 2.